The molecule has 0 spiro atoms. The van der Waals surface area contributed by atoms with E-state index in [2.05, 4.69) is 37.2 Å². The number of fused-ring (bicyclic) bond motifs is 1. The summed E-state index contributed by atoms with van der Waals surface area (Å²) in [5.74, 6) is 0. The smallest absolute Gasteiger partial charge is 0.169 e. The molecule has 3 heteroatoms. The second-order valence-corrected chi connectivity index (χ2v) is 5.11. The van der Waals surface area contributed by atoms with Crippen molar-refractivity contribution in [2.45, 2.75) is 20.8 Å². The highest BCUT2D eigenvalue weighted by Crippen LogP contribution is 2.31. The van der Waals surface area contributed by atoms with Crippen LogP contribution in [0.5, 0.6) is 0 Å². The molecule has 0 aliphatic heterocycles. The maximum Gasteiger partial charge on any atom is 0.169 e. The summed E-state index contributed by atoms with van der Waals surface area (Å²) in [7, 11) is 0. The van der Waals surface area contributed by atoms with Gasteiger partial charge >= 0.3 is 0 Å². The summed E-state index contributed by atoms with van der Waals surface area (Å²) >= 11 is 0. The van der Waals surface area contributed by atoms with Crippen molar-refractivity contribution in [3.05, 3.63) is 47.0 Å². The summed E-state index contributed by atoms with van der Waals surface area (Å²) in [6, 6.07) is 10.3. The Bertz CT molecular complexity index is 752. The quantitative estimate of drug-likeness (QED) is 0.666. The van der Waals surface area contributed by atoms with E-state index in [1.807, 2.05) is 19.1 Å². The Kier molecular flexibility index (Phi) is 2.56. The molecule has 1 heterocycles. The molecule has 0 saturated carbocycles. The minimum atomic E-state index is 0.732. The molecular formula is C16H16N2O. The number of hydrogen-bond acceptors (Lipinski definition) is 3. The molecule has 0 aliphatic carbocycles. The number of anilines is 1. The Morgan fingerprint density at radius 3 is 2.32 bits per heavy atom. The molecule has 3 aromatic rings. The van der Waals surface area contributed by atoms with Gasteiger partial charge in [0.25, 0.3) is 0 Å². The molecule has 3 rings (SSSR count). The zero-order valence-corrected chi connectivity index (χ0v) is 11.3. The van der Waals surface area contributed by atoms with Crippen LogP contribution < -0.4 is 5.73 Å². The molecule has 1 aromatic heterocycles. The Morgan fingerprint density at radius 2 is 1.63 bits per heavy atom. The van der Waals surface area contributed by atoms with E-state index in [4.69, 9.17) is 10.3 Å². The lowest BCUT2D eigenvalue weighted by atomic mass is 10.0. The highest BCUT2D eigenvalue weighted by atomic mass is 16.5. The van der Waals surface area contributed by atoms with Crippen LogP contribution >= 0.6 is 0 Å². The third kappa shape index (κ3) is 1.97. The fourth-order valence-corrected chi connectivity index (χ4v) is 2.43. The molecule has 0 radical (unpaired) electrons. The molecule has 0 amide bonds. The SMILES string of the molecule is Cc1cc(C)cc(-c2noc3cc(N)c(C)cc23)c1. The molecule has 0 bridgehead atoms. The Morgan fingerprint density at radius 1 is 0.947 bits per heavy atom. The van der Waals surface area contributed by atoms with Gasteiger partial charge in [0.2, 0.25) is 0 Å². The van der Waals surface area contributed by atoms with E-state index < -0.39 is 0 Å². The van der Waals surface area contributed by atoms with Gasteiger partial charge in [0, 0.05) is 17.3 Å². The highest BCUT2D eigenvalue weighted by molar-refractivity contribution is 5.94. The van der Waals surface area contributed by atoms with Crippen LogP contribution in [0.3, 0.4) is 0 Å². The van der Waals surface area contributed by atoms with Gasteiger partial charge in [-0.3, -0.25) is 0 Å². The zero-order chi connectivity index (χ0) is 13.6. The summed E-state index contributed by atoms with van der Waals surface area (Å²) in [5, 5.41) is 5.21. The van der Waals surface area contributed by atoms with Gasteiger partial charge in [0.15, 0.2) is 5.58 Å². The normalized spacial score (nSPS) is 11.1. The number of aryl methyl sites for hydroxylation is 3. The molecule has 96 valence electrons. The number of nitrogen functional groups attached to an aromatic ring is 1. The van der Waals surface area contributed by atoms with Crippen LogP contribution in [0.4, 0.5) is 5.69 Å². The van der Waals surface area contributed by atoms with Crippen molar-refractivity contribution >= 4 is 16.7 Å². The fourth-order valence-electron chi connectivity index (χ4n) is 2.43. The van der Waals surface area contributed by atoms with Crippen molar-refractivity contribution in [2.75, 3.05) is 5.73 Å². The maximum absolute atomic E-state index is 5.89. The predicted molar refractivity (Wildman–Crippen MR) is 78.1 cm³/mol. The van der Waals surface area contributed by atoms with E-state index in [1.165, 1.54) is 11.1 Å². The Labute approximate surface area is 112 Å². The monoisotopic (exact) mass is 252 g/mol. The summed E-state index contributed by atoms with van der Waals surface area (Å²) in [5.41, 5.74) is 12.8. The molecule has 0 fully saturated rings. The van der Waals surface area contributed by atoms with E-state index >= 15 is 0 Å². The first-order valence-electron chi connectivity index (χ1n) is 6.29. The standard InChI is InChI=1S/C16H16N2O/c1-9-4-10(2)6-12(5-9)16-13-7-11(3)14(17)8-15(13)19-18-16/h4-8H,17H2,1-3H3. The van der Waals surface area contributed by atoms with Gasteiger partial charge in [-0.2, -0.15) is 0 Å². The van der Waals surface area contributed by atoms with Crippen LogP contribution in [0.1, 0.15) is 16.7 Å². The number of aromatic nitrogens is 1. The lowest BCUT2D eigenvalue weighted by molar-refractivity contribution is 0.459. The van der Waals surface area contributed by atoms with E-state index in [0.29, 0.717) is 0 Å². The predicted octanol–water partition coefficient (Wildman–Crippen LogP) is 4.00. The van der Waals surface area contributed by atoms with Crippen molar-refractivity contribution in [3.8, 4) is 11.3 Å². The van der Waals surface area contributed by atoms with E-state index in [-0.39, 0.29) is 0 Å². The average molecular weight is 252 g/mol. The van der Waals surface area contributed by atoms with Gasteiger partial charge in [-0.15, -0.1) is 0 Å². The van der Waals surface area contributed by atoms with Gasteiger partial charge in [-0.1, -0.05) is 22.3 Å². The van der Waals surface area contributed by atoms with Gasteiger partial charge < -0.3 is 10.3 Å². The molecule has 19 heavy (non-hydrogen) atoms. The number of rotatable bonds is 1. The van der Waals surface area contributed by atoms with E-state index in [9.17, 15) is 0 Å². The molecule has 2 N–H and O–H groups in total. The van der Waals surface area contributed by atoms with Gasteiger partial charge in [-0.25, -0.2) is 0 Å². The van der Waals surface area contributed by atoms with Crippen LogP contribution in [0.25, 0.3) is 22.2 Å². The van der Waals surface area contributed by atoms with Gasteiger partial charge in [0.1, 0.15) is 5.69 Å². The first kappa shape index (κ1) is 11.8. The summed E-state index contributed by atoms with van der Waals surface area (Å²) in [6.07, 6.45) is 0. The number of nitrogens with zero attached hydrogens (tertiary/aromatic N) is 1. The average Bonchev–Trinajstić information content (AvgIpc) is 2.71. The largest absolute Gasteiger partial charge is 0.398 e. The maximum atomic E-state index is 5.89. The van der Waals surface area contributed by atoms with E-state index in [1.54, 1.807) is 0 Å². The zero-order valence-electron chi connectivity index (χ0n) is 11.3. The lowest BCUT2D eigenvalue weighted by Gasteiger charge is -2.03. The molecular weight excluding hydrogens is 236 g/mol. The molecule has 0 aliphatic rings. The molecule has 2 aromatic carbocycles. The van der Waals surface area contributed by atoms with Crippen molar-refractivity contribution in [3.63, 3.8) is 0 Å². The van der Waals surface area contributed by atoms with Crippen molar-refractivity contribution in [1.82, 2.24) is 5.16 Å². The van der Waals surface area contributed by atoms with Gasteiger partial charge in [-0.05, 0) is 44.5 Å². The van der Waals surface area contributed by atoms with Gasteiger partial charge in [0.05, 0.1) is 5.39 Å². The molecule has 0 unspecified atom stereocenters. The van der Waals surface area contributed by atoms with Crippen LogP contribution in [0.15, 0.2) is 34.9 Å². The molecule has 0 atom stereocenters. The summed E-state index contributed by atoms with van der Waals surface area (Å²) < 4.78 is 5.39. The van der Waals surface area contributed by atoms with Crippen molar-refractivity contribution in [1.29, 1.82) is 0 Å². The highest BCUT2D eigenvalue weighted by Gasteiger charge is 2.12. The van der Waals surface area contributed by atoms with Crippen molar-refractivity contribution in [2.24, 2.45) is 0 Å². The fraction of sp³-hybridized carbons (Fsp3) is 0.188. The minimum absolute atomic E-state index is 0.732. The third-order valence-corrected chi connectivity index (χ3v) is 3.35. The van der Waals surface area contributed by atoms with Crippen LogP contribution in [0, 0.1) is 20.8 Å². The number of nitrogens with two attached hydrogens (primary N) is 1. The van der Waals surface area contributed by atoms with Crippen LogP contribution in [0.2, 0.25) is 0 Å². The van der Waals surface area contributed by atoms with Crippen molar-refractivity contribution < 1.29 is 4.52 Å². The summed E-state index contributed by atoms with van der Waals surface area (Å²) in [6.45, 7) is 6.16. The van der Waals surface area contributed by atoms with Crippen LogP contribution in [-0.2, 0) is 0 Å². The van der Waals surface area contributed by atoms with E-state index in [0.717, 1.165) is 33.5 Å². The topological polar surface area (TPSA) is 52.0 Å². The summed E-state index contributed by atoms with van der Waals surface area (Å²) in [4.78, 5) is 0. The molecule has 0 saturated heterocycles. The Balaban J connectivity index is 2.28. The first-order chi connectivity index (χ1) is 9.04. The minimum Gasteiger partial charge on any atom is -0.398 e. The first-order valence-corrected chi connectivity index (χ1v) is 6.29. The Hall–Kier alpha value is -2.29. The lowest BCUT2D eigenvalue weighted by Crippen LogP contribution is -1.88. The second-order valence-electron chi connectivity index (χ2n) is 5.11. The molecule has 3 nitrogen and oxygen atoms in total. The number of benzene rings is 2. The second kappa shape index (κ2) is 4.12. The number of hydrogen-bond donors (Lipinski definition) is 1. The third-order valence-electron chi connectivity index (χ3n) is 3.35. The van der Waals surface area contributed by atoms with Crippen LogP contribution in [-0.4, -0.2) is 5.16 Å².